The number of carbonyl (C=O) groups is 1. The highest BCUT2D eigenvalue weighted by molar-refractivity contribution is 5.82. The molecule has 19 heavy (non-hydrogen) atoms. The van der Waals surface area contributed by atoms with Crippen molar-refractivity contribution in [1.82, 2.24) is 0 Å². The minimum absolute atomic E-state index is 0.0433. The molecule has 0 aromatic heterocycles. The summed E-state index contributed by atoms with van der Waals surface area (Å²) in [6.45, 7) is 6.38. The van der Waals surface area contributed by atoms with Gasteiger partial charge in [-0.3, -0.25) is 0 Å². The number of aryl methyl sites for hydroxylation is 2. The number of rotatable bonds is 5. The highest BCUT2D eigenvalue weighted by Gasteiger charge is 2.49. The Bertz CT molecular complexity index is 485. The lowest BCUT2D eigenvalue weighted by molar-refractivity contribution is -0.144. The van der Waals surface area contributed by atoms with E-state index in [0.717, 1.165) is 29.7 Å². The van der Waals surface area contributed by atoms with Gasteiger partial charge in [-0.2, -0.15) is 0 Å². The van der Waals surface area contributed by atoms with E-state index in [1.54, 1.807) is 0 Å². The zero-order valence-electron chi connectivity index (χ0n) is 11.7. The Hall–Kier alpha value is -1.55. The third-order valence-electron chi connectivity index (χ3n) is 3.80. The number of hydrogen-bond acceptors (Lipinski definition) is 3. The van der Waals surface area contributed by atoms with Crippen molar-refractivity contribution < 1.29 is 14.6 Å². The maximum Gasteiger partial charge on any atom is 0.328 e. The number of hydrogen-bond donors (Lipinski definition) is 2. The molecule has 0 amide bonds. The van der Waals surface area contributed by atoms with E-state index in [9.17, 15) is 9.90 Å². The minimum atomic E-state index is -1.26. The quantitative estimate of drug-likeness (QED) is 0.855. The summed E-state index contributed by atoms with van der Waals surface area (Å²) in [7, 11) is 0. The molecule has 0 bridgehead atoms. The first-order valence-electron chi connectivity index (χ1n) is 6.68. The molecular weight excluding hydrogens is 242 g/mol. The highest BCUT2D eigenvalue weighted by Crippen LogP contribution is 2.45. The maximum absolute atomic E-state index is 11.6. The van der Waals surface area contributed by atoms with Gasteiger partial charge < -0.3 is 15.6 Å². The molecule has 1 saturated carbocycles. The van der Waals surface area contributed by atoms with Gasteiger partial charge >= 0.3 is 5.97 Å². The van der Waals surface area contributed by atoms with Crippen molar-refractivity contribution in [2.24, 2.45) is 11.7 Å². The van der Waals surface area contributed by atoms with Crippen molar-refractivity contribution in [3.05, 3.63) is 28.8 Å². The molecule has 1 fully saturated rings. The van der Waals surface area contributed by atoms with Gasteiger partial charge in [0.2, 0.25) is 0 Å². The molecule has 1 aromatic carbocycles. The van der Waals surface area contributed by atoms with E-state index in [2.05, 4.69) is 0 Å². The molecule has 2 rings (SSSR count). The van der Waals surface area contributed by atoms with Crippen LogP contribution in [-0.4, -0.2) is 17.7 Å². The normalized spacial score (nSPS) is 17.9. The molecular formula is C15H21NO3. The van der Waals surface area contributed by atoms with Crippen LogP contribution in [-0.2, 0) is 10.3 Å². The lowest BCUT2D eigenvalue weighted by Crippen LogP contribution is -2.47. The summed E-state index contributed by atoms with van der Waals surface area (Å²) in [6, 6.07) is 3.70. The average molecular weight is 263 g/mol. The van der Waals surface area contributed by atoms with Gasteiger partial charge in [0.25, 0.3) is 0 Å². The standard InChI is InChI=1S/C15H21NO3/c1-4-19-13-9(2)7-12(8-10(13)3)15(16,14(17)18)11-5-6-11/h7-8,11H,4-6,16H2,1-3H3,(H,17,18). The van der Waals surface area contributed by atoms with Gasteiger partial charge in [-0.25, -0.2) is 4.79 Å². The number of carboxylic acid groups (broad SMARTS) is 1. The summed E-state index contributed by atoms with van der Waals surface area (Å²) < 4.78 is 5.58. The predicted octanol–water partition coefficient (Wildman–Crippen LogP) is 2.35. The smallest absolute Gasteiger partial charge is 0.328 e. The fourth-order valence-electron chi connectivity index (χ4n) is 2.63. The Morgan fingerprint density at radius 3 is 2.32 bits per heavy atom. The van der Waals surface area contributed by atoms with E-state index >= 15 is 0 Å². The van der Waals surface area contributed by atoms with Crippen molar-refractivity contribution in [2.45, 2.75) is 39.2 Å². The van der Waals surface area contributed by atoms with E-state index in [0.29, 0.717) is 12.2 Å². The molecule has 1 aliphatic rings. The third kappa shape index (κ3) is 2.32. The van der Waals surface area contributed by atoms with Crippen LogP contribution in [0, 0.1) is 19.8 Å². The second-order valence-corrected chi connectivity index (χ2v) is 5.32. The first-order chi connectivity index (χ1) is 8.91. The molecule has 1 unspecified atom stereocenters. The summed E-state index contributed by atoms with van der Waals surface area (Å²) in [5.41, 5.74) is 7.48. The molecule has 3 N–H and O–H groups in total. The number of benzene rings is 1. The van der Waals surface area contributed by atoms with Gasteiger partial charge in [-0.05, 0) is 68.4 Å². The molecule has 104 valence electrons. The number of aliphatic carboxylic acids is 1. The van der Waals surface area contributed by atoms with Crippen molar-refractivity contribution in [3.63, 3.8) is 0 Å². The van der Waals surface area contributed by atoms with Crippen molar-refractivity contribution in [1.29, 1.82) is 0 Å². The van der Waals surface area contributed by atoms with E-state index in [1.807, 2.05) is 32.9 Å². The fraction of sp³-hybridized carbons (Fsp3) is 0.533. The van der Waals surface area contributed by atoms with Crippen LogP contribution in [0.4, 0.5) is 0 Å². The fourth-order valence-corrected chi connectivity index (χ4v) is 2.63. The van der Waals surface area contributed by atoms with Crippen LogP contribution in [0.3, 0.4) is 0 Å². The summed E-state index contributed by atoms with van der Waals surface area (Å²) in [5.74, 6) is -0.0745. The van der Waals surface area contributed by atoms with Gasteiger partial charge in [0, 0.05) is 0 Å². The van der Waals surface area contributed by atoms with Gasteiger partial charge in [0.05, 0.1) is 6.61 Å². The molecule has 1 aliphatic carbocycles. The molecule has 4 nitrogen and oxygen atoms in total. The van der Waals surface area contributed by atoms with E-state index < -0.39 is 11.5 Å². The Morgan fingerprint density at radius 1 is 1.42 bits per heavy atom. The molecule has 1 atom stereocenters. The molecule has 0 saturated heterocycles. The van der Waals surface area contributed by atoms with Gasteiger partial charge in [0.1, 0.15) is 11.3 Å². The molecule has 0 spiro atoms. The minimum Gasteiger partial charge on any atom is -0.493 e. The molecule has 1 aromatic rings. The summed E-state index contributed by atoms with van der Waals surface area (Å²) >= 11 is 0. The van der Waals surface area contributed by atoms with E-state index in [4.69, 9.17) is 10.5 Å². The number of ether oxygens (including phenoxy) is 1. The van der Waals surface area contributed by atoms with Gasteiger partial charge in [0.15, 0.2) is 0 Å². The van der Waals surface area contributed by atoms with Gasteiger partial charge in [-0.1, -0.05) is 0 Å². The molecule has 0 radical (unpaired) electrons. The Kier molecular flexibility index (Phi) is 3.54. The Morgan fingerprint density at radius 2 is 1.95 bits per heavy atom. The lowest BCUT2D eigenvalue weighted by atomic mass is 9.84. The maximum atomic E-state index is 11.6. The molecule has 0 aliphatic heterocycles. The van der Waals surface area contributed by atoms with Crippen LogP contribution in [0.15, 0.2) is 12.1 Å². The van der Waals surface area contributed by atoms with Crippen LogP contribution < -0.4 is 10.5 Å². The van der Waals surface area contributed by atoms with Gasteiger partial charge in [-0.15, -0.1) is 0 Å². The SMILES string of the molecule is CCOc1c(C)cc(C(N)(C(=O)O)C2CC2)cc1C. The monoisotopic (exact) mass is 263 g/mol. The summed E-state index contributed by atoms with van der Waals surface area (Å²) in [4.78, 5) is 11.6. The van der Waals surface area contributed by atoms with E-state index in [1.165, 1.54) is 0 Å². The van der Waals surface area contributed by atoms with Crippen LogP contribution in [0.25, 0.3) is 0 Å². The second-order valence-electron chi connectivity index (χ2n) is 5.32. The largest absolute Gasteiger partial charge is 0.493 e. The first kappa shape index (κ1) is 13.9. The van der Waals surface area contributed by atoms with Crippen LogP contribution in [0.1, 0.15) is 36.5 Å². The summed E-state index contributed by atoms with van der Waals surface area (Å²) in [5, 5.41) is 9.49. The topological polar surface area (TPSA) is 72.5 Å². The number of nitrogens with two attached hydrogens (primary N) is 1. The van der Waals surface area contributed by atoms with Crippen molar-refractivity contribution >= 4 is 5.97 Å². The van der Waals surface area contributed by atoms with Crippen LogP contribution in [0.5, 0.6) is 5.75 Å². The Labute approximate surface area is 113 Å². The predicted molar refractivity (Wildman–Crippen MR) is 73.3 cm³/mol. The summed E-state index contributed by atoms with van der Waals surface area (Å²) in [6.07, 6.45) is 1.77. The zero-order valence-corrected chi connectivity index (χ0v) is 11.7. The highest BCUT2D eigenvalue weighted by atomic mass is 16.5. The third-order valence-corrected chi connectivity index (χ3v) is 3.80. The zero-order chi connectivity index (χ0) is 14.2. The lowest BCUT2D eigenvalue weighted by Gasteiger charge is -2.26. The van der Waals surface area contributed by atoms with Crippen LogP contribution in [0.2, 0.25) is 0 Å². The Balaban J connectivity index is 2.48. The van der Waals surface area contributed by atoms with E-state index in [-0.39, 0.29) is 5.92 Å². The van der Waals surface area contributed by atoms with Crippen LogP contribution >= 0.6 is 0 Å². The second kappa shape index (κ2) is 4.85. The van der Waals surface area contributed by atoms with Crippen molar-refractivity contribution in [3.8, 4) is 5.75 Å². The first-order valence-corrected chi connectivity index (χ1v) is 6.68. The van der Waals surface area contributed by atoms with Crippen molar-refractivity contribution in [2.75, 3.05) is 6.61 Å². The average Bonchev–Trinajstić information content (AvgIpc) is 3.16. The number of carboxylic acids is 1. The molecule has 4 heteroatoms. The molecule has 0 heterocycles.